The number of fused-ring (bicyclic) bond motifs is 1. The smallest absolute Gasteiger partial charge is 0.449 e. The largest absolute Gasteiger partial charge is 0.466 e. The number of halogens is 18. The number of hydrogen-bond donors (Lipinski definition) is 0. The van der Waals surface area contributed by atoms with E-state index in [1.165, 1.54) is 0 Å². The first-order valence-electron chi connectivity index (χ1n) is 6.81. The van der Waals surface area contributed by atoms with Gasteiger partial charge in [0.25, 0.3) is 5.60 Å². The van der Waals surface area contributed by atoms with Gasteiger partial charge in [0.15, 0.2) is 5.41 Å². The highest BCUT2D eigenvalue weighted by molar-refractivity contribution is 5.65. The van der Waals surface area contributed by atoms with Gasteiger partial charge in [-0.1, -0.05) is 0 Å². The van der Waals surface area contributed by atoms with Gasteiger partial charge in [-0.15, -0.1) is 0 Å². The van der Waals surface area contributed by atoms with Crippen LogP contribution >= 0.6 is 0 Å². The number of ether oxygens (including phenoxy) is 1. The molecule has 1 aliphatic heterocycles. The molecule has 0 saturated carbocycles. The van der Waals surface area contributed by atoms with Gasteiger partial charge >= 0.3 is 37.1 Å². The van der Waals surface area contributed by atoms with Crippen LogP contribution in [0.5, 0.6) is 0 Å². The van der Waals surface area contributed by atoms with Crippen LogP contribution in [0.4, 0.5) is 79.0 Å². The first kappa shape index (κ1) is 25.3. The van der Waals surface area contributed by atoms with Gasteiger partial charge in [-0.3, -0.25) is 0 Å². The molecule has 0 spiro atoms. The van der Waals surface area contributed by atoms with Crippen molar-refractivity contribution in [1.82, 2.24) is 0 Å². The molecule has 2 unspecified atom stereocenters. The highest BCUT2D eigenvalue weighted by Crippen LogP contribution is 2.81. The Balaban J connectivity index is 3.32. The molecule has 1 aliphatic carbocycles. The molecule has 180 valence electrons. The predicted octanol–water partition coefficient (Wildman–Crippen LogP) is 6.68. The fraction of sp³-hybridized carbons (Fsp3) is 0.667. The molecule has 19 heteroatoms. The summed E-state index contributed by atoms with van der Waals surface area (Å²) in [5.74, 6) is -4.34. The van der Waals surface area contributed by atoms with Crippen molar-refractivity contribution in [3.8, 4) is 0 Å². The molecule has 31 heavy (non-hydrogen) atoms. The SMILES string of the molecule is FC(F)(F)C1=C(C(F)(F)F)C2(C(F)(F)F)C(C(F)(F)F)=C(C(F)(F)F)C2(C(F)(F)F)O1. The Kier molecular flexibility index (Phi) is 4.79. The average molecular weight is 502 g/mol. The molecule has 2 aliphatic rings. The van der Waals surface area contributed by atoms with Crippen molar-refractivity contribution in [1.29, 1.82) is 0 Å². The molecule has 1 nitrogen and oxygen atoms in total. The molecule has 0 bridgehead atoms. The van der Waals surface area contributed by atoms with E-state index in [-0.39, 0.29) is 0 Å². The zero-order valence-corrected chi connectivity index (χ0v) is 13.2. The number of allylic oxidation sites excluding steroid dienone is 1. The normalized spacial score (nSPS) is 28.6. The molecular formula is C12F18O. The summed E-state index contributed by atoms with van der Waals surface area (Å²) in [5, 5.41) is 0. The quantitative estimate of drug-likeness (QED) is 0.266. The maximum Gasteiger partial charge on any atom is 0.449 e. The first-order chi connectivity index (χ1) is 13.2. The van der Waals surface area contributed by atoms with E-state index in [1.807, 2.05) is 0 Å². The third-order valence-corrected chi connectivity index (χ3v) is 4.29. The summed E-state index contributed by atoms with van der Waals surface area (Å²) in [6.07, 6.45) is -43.9. The van der Waals surface area contributed by atoms with Gasteiger partial charge in [-0.25, -0.2) is 0 Å². The third kappa shape index (κ3) is 2.96. The molecular weight excluding hydrogens is 502 g/mol. The molecule has 0 aromatic rings. The summed E-state index contributed by atoms with van der Waals surface area (Å²) in [6.45, 7) is 0. The van der Waals surface area contributed by atoms with Crippen molar-refractivity contribution in [2.24, 2.45) is 5.41 Å². The van der Waals surface area contributed by atoms with E-state index < -0.39 is 70.6 Å². The minimum atomic E-state index is -7.65. The van der Waals surface area contributed by atoms with Gasteiger partial charge in [-0.2, -0.15) is 79.0 Å². The van der Waals surface area contributed by atoms with Gasteiger partial charge in [0.2, 0.25) is 5.76 Å². The van der Waals surface area contributed by atoms with E-state index in [0.29, 0.717) is 0 Å². The van der Waals surface area contributed by atoms with Crippen LogP contribution in [-0.4, -0.2) is 42.7 Å². The van der Waals surface area contributed by atoms with Gasteiger partial charge in [0.1, 0.15) is 5.57 Å². The van der Waals surface area contributed by atoms with E-state index in [9.17, 15) is 79.0 Å². The lowest BCUT2D eigenvalue weighted by atomic mass is 9.49. The summed E-state index contributed by atoms with van der Waals surface area (Å²) < 4.78 is 240. The fourth-order valence-electron chi connectivity index (χ4n) is 3.60. The van der Waals surface area contributed by atoms with Crippen molar-refractivity contribution < 1.29 is 83.8 Å². The lowest BCUT2D eigenvalue weighted by molar-refractivity contribution is -0.368. The van der Waals surface area contributed by atoms with E-state index in [2.05, 4.69) is 4.74 Å². The second-order valence-corrected chi connectivity index (χ2v) is 5.97. The standard InChI is InChI=1S/C12F18O/c13-7(14,15)1-2(8(16,17)18)6(12(28,29)30)5(1,11(25,26)27)3(9(19,20)21)4(31-6)10(22,23)24. The van der Waals surface area contributed by atoms with Crippen molar-refractivity contribution in [3.63, 3.8) is 0 Å². The molecule has 2 rings (SSSR count). The number of alkyl halides is 18. The minimum Gasteiger partial charge on any atom is -0.466 e. The van der Waals surface area contributed by atoms with Crippen LogP contribution < -0.4 is 0 Å². The second-order valence-electron chi connectivity index (χ2n) is 5.97. The van der Waals surface area contributed by atoms with E-state index in [4.69, 9.17) is 0 Å². The summed E-state index contributed by atoms with van der Waals surface area (Å²) in [7, 11) is 0. The molecule has 1 heterocycles. The summed E-state index contributed by atoms with van der Waals surface area (Å²) in [6, 6.07) is 0. The Hall–Kier alpha value is -1.98. The van der Waals surface area contributed by atoms with Gasteiger partial charge < -0.3 is 4.74 Å². The molecule has 2 atom stereocenters. The Morgan fingerprint density at radius 3 is 1.00 bits per heavy atom. The van der Waals surface area contributed by atoms with Crippen LogP contribution in [0.15, 0.2) is 22.5 Å². The summed E-state index contributed by atoms with van der Waals surface area (Å²) >= 11 is 0. The maximum absolute atomic E-state index is 13.5. The zero-order valence-electron chi connectivity index (χ0n) is 13.2. The van der Waals surface area contributed by atoms with Crippen molar-refractivity contribution in [3.05, 3.63) is 22.5 Å². The highest BCUT2D eigenvalue weighted by atomic mass is 19.4. The highest BCUT2D eigenvalue weighted by Gasteiger charge is 2.99. The van der Waals surface area contributed by atoms with E-state index >= 15 is 0 Å². The lowest BCUT2D eigenvalue weighted by Gasteiger charge is -2.57. The van der Waals surface area contributed by atoms with Crippen LogP contribution in [0.25, 0.3) is 0 Å². The van der Waals surface area contributed by atoms with Crippen molar-refractivity contribution >= 4 is 0 Å². The zero-order chi connectivity index (χ0) is 25.0. The molecule has 0 fully saturated rings. The second kappa shape index (κ2) is 5.87. The van der Waals surface area contributed by atoms with E-state index in [0.717, 1.165) is 0 Å². The number of rotatable bonds is 0. The van der Waals surface area contributed by atoms with Gasteiger partial charge in [-0.05, 0) is 0 Å². The number of hydrogen-bond acceptors (Lipinski definition) is 1. The van der Waals surface area contributed by atoms with Crippen molar-refractivity contribution in [2.45, 2.75) is 42.7 Å². The Morgan fingerprint density at radius 2 is 0.774 bits per heavy atom. The Labute approximate surface area is 155 Å². The van der Waals surface area contributed by atoms with Crippen LogP contribution in [0.3, 0.4) is 0 Å². The average Bonchev–Trinajstić information content (AvgIpc) is 2.62. The lowest BCUT2D eigenvalue weighted by Crippen LogP contribution is -2.76. The monoisotopic (exact) mass is 502 g/mol. The minimum absolute atomic E-state index is 2.62. The van der Waals surface area contributed by atoms with Crippen LogP contribution in [0, 0.1) is 5.41 Å². The first-order valence-corrected chi connectivity index (χ1v) is 6.81. The van der Waals surface area contributed by atoms with Crippen LogP contribution in [0.2, 0.25) is 0 Å². The predicted molar refractivity (Wildman–Crippen MR) is 56.6 cm³/mol. The van der Waals surface area contributed by atoms with E-state index in [1.54, 1.807) is 0 Å². The van der Waals surface area contributed by atoms with Gasteiger partial charge in [0.05, 0.1) is 11.1 Å². The van der Waals surface area contributed by atoms with Crippen molar-refractivity contribution in [2.75, 3.05) is 0 Å². The molecule has 0 amide bonds. The third-order valence-electron chi connectivity index (χ3n) is 4.29. The molecule has 0 aromatic carbocycles. The van der Waals surface area contributed by atoms with Crippen LogP contribution in [0.1, 0.15) is 0 Å². The Morgan fingerprint density at radius 1 is 0.419 bits per heavy atom. The van der Waals surface area contributed by atoms with Crippen LogP contribution in [-0.2, 0) is 4.74 Å². The summed E-state index contributed by atoms with van der Waals surface area (Å²) in [4.78, 5) is 0. The maximum atomic E-state index is 13.5. The fourth-order valence-corrected chi connectivity index (χ4v) is 3.60. The molecule has 0 N–H and O–H groups in total. The topological polar surface area (TPSA) is 9.23 Å². The molecule has 0 saturated heterocycles. The molecule has 0 radical (unpaired) electrons. The molecule has 0 aromatic heterocycles. The van der Waals surface area contributed by atoms with Gasteiger partial charge in [0, 0.05) is 0 Å². The Bertz CT molecular complexity index is 836. The summed E-state index contributed by atoms with van der Waals surface area (Å²) in [5.41, 5.74) is -27.4.